The van der Waals surface area contributed by atoms with Gasteiger partial charge in [0.25, 0.3) is 5.91 Å². The molecular formula is C28H25FN2O4S. The molecule has 2 aromatic carbocycles. The number of Topliss-reactive ketones (excluding diaryl/α,β-unsaturated/α-hetero) is 1. The van der Waals surface area contributed by atoms with Crippen molar-refractivity contribution in [2.45, 2.75) is 31.6 Å². The minimum absolute atomic E-state index is 0.0384. The maximum absolute atomic E-state index is 13.8. The van der Waals surface area contributed by atoms with Crippen LogP contribution in [-0.2, 0) is 9.59 Å². The van der Waals surface area contributed by atoms with E-state index in [2.05, 4.69) is 10.6 Å². The summed E-state index contributed by atoms with van der Waals surface area (Å²) in [5, 5.41) is 18.3. The molecule has 0 bridgehead atoms. The monoisotopic (exact) mass is 504 g/mol. The summed E-state index contributed by atoms with van der Waals surface area (Å²) < 4.78 is 19.1. The van der Waals surface area contributed by atoms with Crippen LogP contribution in [-0.4, -0.2) is 23.9 Å². The molecule has 1 aromatic heterocycles. The van der Waals surface area contributed by atoms with Crippen molar-refractivity contribution in [2.75, 3.05) is 12.4 Å². The van der Waals surface area contributed by atoms with Gasteiger partial charge in [0, 0.05) is 51.4 Å². The van der Waals surface area contributed by atoms with E-state index in [4.69, 9.17) is 4.74 Å². The van der Waals surface area contributed by atoms with Gasteiger partial charge in [-0.05, 0) is 60.7 Å². The van der Waals surface area contributed by atoms with Crippen molar-refractivity contribution in [3.8, 4) is 11.5 Å². The number of carbonyl (C=O) groups is 2. The van der Waals surface area contributed by atoms with Crippen LogP contribution in [0.25, 0.3) is 0 Å². The SMILES string of the molecule is COc1cc([C@@H]2C(C(=O)Nc3cccc(F)c3)=C(C)NC3=C2C(=O)C[C@@H](c2cccs2)C3)ccc1O. The molecule has 5 rings (SSSR count). The molecule has 184 valence electrons. The highest BCUT2D eigenvalue weighted by Gasteiger charge is 2.41. The summed E-state index contributed by atoms with van der Waals surface area (Å²) in [6, 6.07) is 14.5. The second-order valence-electron chi connectivity index (χ2n) is 8.93. The van der Waals surface area contributed by atoms with E-state index in [1.165, 1.54) is 31.4 Å². The zero-order valence-electron chi connectivity index (χ0n) is 19.8. The van der Waals surface area contributed by atoms with Crippen LogP contribution < -0.4 is 15.4 Å². The van der Waals surface area contributed by atoms with Crippen LogP contribution in [0.15, 0.2) is 82.5 Å². The van der Waals surface area contributed by atoms with Crippen LogP contribution in [0, 0.1) is 5.82 Å². The van der Waals surface area contributed by atoms with Gasteiger partial charge in [0.1, 0.15) is 5.82 Å². The van der Waals surface area contributed by atoms with Crippen molar-refractivity contribution in [1.29, 1.82) is 0 Å². The first-order valence-corrected chi connectivity index (χ1v) is 12.4. The van der Waals surface area contributed by atoms with Gasteiger partial charge in [0.2, 0.25) is 0 Å². The lowest BCUT2D eigenvalue weighted by molar-refractivity contribution is -0.116. The lowest BCUT2D eigenvalue weighted by Gasteiger charge is -2.36. The zero-order valence-corrected chi connectivity index (χ0v) is 20.6. The molecule has 2 aliphatic rings. The van der Waals surface area contributed by atoms with Gasteiger partial charge < -0.3 is 20.5 Å². The minimum Gasteiger partial charge on any atom is -0.504 e. The first kappa shape index (κ1) is 23.8. The number of allylic oxidation sites excluding steroid dienone is 3. The third-order valence-corrected chi connectivity index (χ3v) is 7.67. The zero-order chi connectivity index (χ0) is 25.4. The number of benzene rings is 2. The molecule has 0 saturated carbocycles. The molecule has 1 aliphatic carbocycles. The van der Waals surface area contributed by atoms with Crippen LogP contribution in [0.2, 0.25) is 0 Å². The van der Waals surface area contributed by atoms with Gasteiger partial charge in [-0.25, -0.2) is 4.39 Å². The van der Waals surface area contributed by atoms with Crippen molar-refractivity contribution >= 4 is 28.7 Å². The standard InChI is InChI=1S/C28H25FN2O4S/c1-15-25(28(34)31-19-6-3-5-18(29)14-19)26(16-8-9-21(32)23(13-16)35-2)27-20(30-15)11-17(12-22(27)33)24-7-4-10-36-24/h3-10,13-14,17,26,30,32H,11-12H2,1-2H3,(H,31,34)/t17-,26+/m0/s1. The highest BCUT2D eigenvalue weighted by Crippen LogP contribution is 2.47. The molecule has 2 heterocycles. The molecule has 0 radical (unpaired) electrons. The maximum atomic E-state index is 13.8. The normalized spacial score (nSPS) is 19.6. The van der Waals surface area contributed by atoms with Gasteiger partial charge in [-0.15, -0.1) is 11.3 Å². The maximum Gasteiger partial charge on any atom is 0.254 e. The lowest BCUT2D eigenvalue weighted by Crippen LogP contribution is -2.37. The van der Waals surface area contributed by atoms with Crippen molar-refractivity contribution in [1.82, 2.24) is 5.32 Å². The predicted molar refractivity (Wildman–Crippen MR) is 137 cm³/mol. The van der Waals surface area contributed by atoms with Gasteiger partial charge in [-0.1, -0.05) is 18.2 Å². The average molecular weight is 505 g/mol. The molecule has 6 nitrogen and oxygen atoms in total. The molecule has 0 unspecified atom stereocenters. The topological polar surface area (TPSA) is 87.7 Å². The molecule has 3 aromatic rings. The molecule has 36 heavy (non-hydrogen) atoms. The number of phenols is 1. The second-order valence-corrected chi connectivity index (χ2v) is 9.91. The van der Waals surface area contributed by atoms with Crippen LogP contribution >= 0.6 is 11.3 Å². The third-order valence-electron chi connectivity index (χ3n) is 6.64. The lowest BCUT2D eigenvalue weighted by atomic mass is 9.72. The summed E-state index contributed by atoms with van der Waals surface area (Å²) in [7, 11) is 1.45. The Bertz CT molecular complexity index is 1410. The molecule has 1 amide bonds. The number of dihydropyridines is 1. The minimum atomic E-state index is -0.680. The van der Waals surface area contributed by atoms with E-state index in [9.17, 15) is 19.1 Å². The Balaban J connectivity index is 1.60. The number of methoxy groups -OCH3 is 1. The van der Waals surface area contributed by atoms with E-state index in [1.807, 2.05) is 17.5 Å². The van der Waals surface area contributed by atoms with Crippen molar-refractivity contribution in [3.63, 3.8) is 0 Å². The Morgan fingerprint density at radius 2 is 2.00 bits per heavy atom. The number of hydrogen-bond acceptors (Lipinski definition) is 6. The summed E-state index contributed by atoms with van der Waals surface area (Å²) in [6.45, 7) is 1.80. The predicted octanol–water partition coefficient (Wildman–Crippen LogP) is 5.60. The summed E-state index contributed by atoms with van der Waals surface area (Å²) in [5.41, 5.74) is 3.25. The average Bonchev–Trinajstić information content (AvgIpc) is 3.38. The number of nitrogens with one attached hydrogen (secondary N) is 2. The van der Waals surface area contributed by atoms with Crippen molar-refractivity contribution in [2.24, 2.45) is 0 Å². The van der Waals surface area contributed by atoms with Crippen LogP contribution in [0.1, 0.15) is 42.0 Å². The summed E-state index contributed by atoms with van der Waals surface area (Å²) in [5.74, 6) is -1.35. The van der Waals surface area contributed by atoms with Crippen LogP contribution in [0.4, 0.5) is 10.1 Å². The Morgan fingerprint density at radius 3 is 2.72 bits per heavy atom. The van der Waals surface area contributed by atoms with Crippen LogP contribution in [0.3, 0.4) is 0 Å². The fourth-order valence-electron chi connectivity index (χ4n) is 5.04. The number of anilines is 1. The van der Waals surface area contributed by atoms with E-state index in [0.717, 1.165) is 10.6 Å². The largest absolute Gasteiger partial charge is 0.504 e. The molecule has 8 heteroatoms. The molecule has 3 N–H and O–H groups in total. The summed E-state index contributed by atoms with van der Waals surface area (Å²) in [6.07, 6.45) is 0.980. The number of aromatic hydroxyl groups is 1. The first-order chi connectivity index (χ1) is 17.4. The molecular weight excluding hydrogens is 479 g/mol. The number of hydrogen-bond donors (Lipinski definition) is 3. The number of amides is 1. The smallest absolute Gasteiger partial charge is 0.254 e. The Hall–Kier alpha value is -3.91. The number of thiophene rings is 1. The highest BCUT2D eigenvalue weighted by molar-refractivity contribution is 7.10. The van der Waals surface area contributed by atoms with Gasteiger partial charge in [-0.3, -0.25) is 9.59 Å². The number of carbonyl (C=O) groups excluding carboxylic acids is 2. The van der Waals surface area contributed by atoms with E-state index >= 15 is 0 Å². The Morgan fingerprint density at radius 1 is 1.17 bits per heavy atom. The summed E-state index contributed by atoms with van der Waals surface area (Å²) in [4.78, 5) is 28.4. The van der Waals surface area contributed by atoms with Crippen molar-refractivity contribution in [3.05, 3.63) is 98.8 Å². The van der Waals surface area contributed by atoms with Crippen LogP contribution in [0.5, 0.6) is 11.5 Å². The molecule has 0 saturated heterocycles. The highest BCUT2D eigenvalue weighted by atomic mass is 32.1. The number of ketones is 1. The molecule has 0 fully saturated rings. The fraction of sp³-hybridized carbons (Fsp3) is 0.214. The molecule has 2 atom stereocenters. The van der Waals surface area contributed by atoms with Crippen molar-refractivity contribution < 1.29 is 23.8 Å². The van der Waals surface area contributed by atoms with Gasteiger partial charge in [0.15, 0.2) is 17.3 Å². The van der Waals surface area contributed by atoms with Gasteiger partial charge in [-0.2, -0.15) is 0 Å². The third kappa shape index (κ3) is 4.40. The van der Waals surface area contributed by atoms with E-state index in [1.54, 1.807) is 36.5 Å². The van der Waals surface area contributed by atoms with E-state index < -0.39 is 17.6 Å². The Kier molecular flexibility index (Phi) is 6.36. The molecule has 1 aliphatic heterocycles. The van der Waals surface area contributed by atoms with Gasteiger partial charge in [0.05, 0.1) is 7.11 Å². The number of ether oxygens (including phenoxy) is 1. The number of rotatable bonds is 5. The second kappa shape index (κ2) is 9.62. The van der Waals surface area contributed by atoms with Gasteiger partial charge >= 0.3 is 0 Å². The van der Waals surface area contributed by atoms with E-state index in [-0.39, 0.29) is 23.2 Å². The number of halogens is 1. The number of phenolic OH excluding ortho intramolecular Hbond substituents is 1. The Labute approximate surface area is 212 Å². The fourth-order valence-corrected chi connectivity index (χ4v) is 5.87. The summed E-state index contributed by atoms with van der Waals surface area (Å²) >= 11 is 1.63. The van der Waals surface area contributed by atoms with E-state index in [0.29, 0.717) is 40.9 Å². The quantitative estimate of drug-likeness (QED) is 0.421. The first-order valence-electron chi connectivity index (χ1n) is 11.6. The molecule has 0 spiro atoms.